The molecule has 3 rings (SSSR count). The molecular formula is C19H20ClN5O3. The van der Waals surface area contributed by atoms with E-state index < -0.39 is 0 Å². The summed E-state index contributed by atoms with van der Waals surface area (Å²) in [5.41, 5.74) is 1.58. The first-order valence-electron chi connectivity index (χ1n) is 8.49. The SMILES string of the molecule is COc1ccc(CN(C)C(=O)Cn2nnc(-c3ccccc3Cl)n2)cc1OC. The number of ether oxygens (including phenoxy) is 2. The number of rotatable bonds is 7. The number of aromatic nitrogens is 4. The molecule has 0 radical (unpaired) electrons. The maximum absolute atomic E-state index is 12.5. The lowest BCUT2D eigenvalue weighted by molar-refractivity contribution is -0.131. The fraction of sp³-hybridized carbons (Fsp3) is 0.263. The number of likely N-dealkylation sites (N-methyl/N-ethyl adjacent to an activating group) is 1. The summed E-state index contributed by atoms with van der Waals surface area (Å²) in [4.78, 5) is 15.4. The van der Waals surface area contributed by atoms with Crippen molar-refractivity contribution in [1.29, 1.82) is 0 Å². The van der Waals surface area contributed by atoms with Crippen molar-refractivity contribution in [3.63, 3.8) is 0 Å². The number of halogens is 1. The topological polar surface area (TPSA) is 82.4 Å². The first-order valence-corrected chi connectivity index (χ1v) is 8.87. The van der Waals surface area contributed by atoms with Gasteiger partial charge in [-0.2, -0.15) is 4.80 Å². The van der Waals surface area contributed by atoms with Crippen LogP contribution in [0.2, 0.25) is 5.02 Å². The molecule has 1 heterocycles. The van der Waals surface area contributed by atoms with Crippen LogP contribution in [0.5, 0.6) is 11.5 Å². The Morgan fingerprint density at radius 2 is 1.89 bits per heavy atom. The van der Waals surface area contributed by atoms with E-state index in [0.29, 0.717) is 34.5 Å². The quantitative estimate of drug-likeness (QED) is 0.605. The van der Waals surface area contributed by atoms with Gasteiger partial charge in [-0.05, 0) is 35.0 Å². The van der Waals surface area contributed by atoms with Crippen molar-refractivity contribution in [2.24, 2.45) is 0 Å². The van der Waals surface area contributed by atoms with E-state index in [1.807, 2.05) is 24.3 Å². The predicted molar refractivity (Wildman–Crippen MR) is 104 cm³/mol. The molecule has 2 aromatic carbocycles. The molecular weight excluding hydrogens is 382 g/mol. The normalized spacial score (nSPS) is 10.6. The Labute approximate surface area is 167 Å². The van der Waals surface area contributed by atoms with Gasteiger partial charge in [0.25, 0.3) is 0 Å². The number of benzene rings is 2. The number of tetrazole rings is 1. The number of carbonyl (C=O) groups excluding carboxylic acids is 1. The van der Waals surface area contributed by atoms with Crippen LogP contribution in [-0.2, 0) is 17.9 Å². The highest BCUT2D eigenvalue weighted by molar-refractivity contribution is 6.33. The van der Waals surface area contributed by atoms with Gasteiger partial charge in [-0.3, -0.25) is 4.79 Å². The number of hydrogen-bond acceptors (Lipinski definition) is 6. The molecule has 0 atom stereocenters. The van der Waals surface area contributed by atoms with E-state index in [0.717, 1.165) is 5.56 Å². The minimum atomic E-state index is -0.155. The lowest BCUT2D eigenvalue weighted by Crippen LogP contribution is -2.30. The molecule has 3 aromatic rings. The van der Waals surface area contributed by atoms with Crippen LogP contribution in [-0.4, -0.2) is 52.3 Å². The smallest absolute Gasteiger partial charge is 0.246 e. The van der Waals surface area contributed by atoms with Gasteiger partial charge in [-0.25, -0.2) is 0 Å². The predicted octanol–water partition coefficient (Wildman–Crippen LogP) is 2.67. The molecule has 28 heavy (non-hydrogen) atoms. The zero-order chi connectivity index (χ0) is 20.1. The van der Waals surface area contributed by atoms with Gasteiger partial charge in [0, 0.05) is 19.2 Å². The summed E-state index contributed by atoms with van der Waals surface area (Å²) in [6.45, 7) is 0.381. The van der Waals surface area contributed by atoms with Gasteiger partial charge in [0.2, 0.25) is 11.7 Å². The first-order chi connectivity index (χ1) is 13.5. The van der Waals surface area contributed by atoms with Crippen LogP contribution in [0.25, 0.3) is 11.4 Å². The minimum absolute atomic E-state index is 0.0265. The van der Waals surface area contributed by atoms with Gasteiger partial charge in [0.1, 0.15) is 6.54 Å². The van der Waals surface area contributed by atoms with Gasteiger partial charge >= 0.3 is 0 Å². The van der Waals surface area contributed by atoms with Crippen molar-refractivity contribution in [3.8, 4) is 22.9 Å². The zero-order valence-corrected chi connectivity index (χ0v) is 16.6. The molecule has 0 fully saturated rings. The second-order valence-electron chi connectivity index (χ2n) is 6.06. The second-order valence-corrected chi connectivity index (χ2v) is 6.47. The molecule has 0 N–H and O–H groups in total. The van der Waals surface area contributed by atoms with Gasteiger partial charge in [-0.1, -0.05) is 29.8 Å². The van der Waals surface area contributed by atoms with Gasteiger partial charge in [0.15, 0.2) is 11.5 Å². The number of amides is 1. The number of carbonyl (C=O) groups is 1. The van der Waals surface area contributed by atoms with E-state index in [1.54, 1.807) is 44.4 Å². The summed E-state index contributed by atoms with van der Waals surface area (Å²) in [7, 11) is 4.86. The van der Waals surface area contributed by atoms with Crippen molar-refractivity contribution < 1.29 is 14.3 Å². The van der Waals surface area contributed by atoms with Crippen LogP contribution < -0.4 is 9.47 Å². The maximum Gasteiger partial charge on any atom is 0.246 e. The van der Waals surface area contributed by atoms with Gasteiger partial charge in [-0.15, -0.1) is 10.2 Å². The highest BCUT2D eigenvalue weighted by Gasteiger charge is 2.15. The van der Waals surface area contributed by atoms with Crippen molar-refractivity contribution in [3.05, 3.63) is 53.1 Å². The van der Waals surface area contributed by atoms with E-state index in [2.05, 4.69) is 15.4 Å². The maximum atomic E-state index is 12.5. The van der Waals surface area contributed by atoms with Crippen molar-refractivity contribution in [2.45, 2.75) is 13.1 Å². The molecule has 0 bridgehead atoms. The summed E-state index contributed by atoms with van der Waals surface area (Å²) in [6, 6.07) is 12.7. The Bertz CT molecular complexity index is 976. The molecule has 8 nitrogen and oxygen atoms in total. The van der Waals surface area contributed by atoms with E-state index in [1.165, 1.54) is 4.80 Å². The average Bonchev–Trinajstić information content (AvgIpc) is 3.16. The Hall–Kier alpha value is -3.13. The van der Waals surface area contributed by atoms with E-state index in [-0.39, 0.29) is 12.5 Å². The molecule has 1 amide bonds. The molecule has 0 unspecified atom stereocenters. The summed E-state index contributed by atoms with van der Waals surface area (Å²) < 4.78 is 10.5. The number of nitrogens with zero attached hydrogens (tertiary/aromatic N) is 5. The summed E-state index contributed by atoms with van der Waals surface area (Å²) in [6.07, 6.45) is 0. The Morgan fingerprint density at radius 1 is 1.14 bits per heavy atom. The lowest BCUT2D eigenvalue weighted by atomic mass is 10.2. The second kappa shape index (κ2) is 8.71. The highest BCUT2D eigenvalue weighted by atomic mass is 35.5. The fourth-order valence-corrected chi connectivity index (χ4v) is 2.86. The highest BCUT2D eigenvalue weighted by Crippen LogP contribution is 2.28. The third kappa shape index (κ3) is 4.40. The Morgan fingerprint density at radius 3 is 2.61 bits per heavy atom. The average molecular weight is 402 g/mol. The molecule has 0 aliphatic carbocycles. The third-order valence-electron chi connectivity index (χ3n) is 4.14. The van der Waals surface area contributed by atoms with Crippen LogP contribution in [0.15, 0.2) is 42.5 Å². The summed E-state index contributed by atoms with van der Waals surface area (Å²) >= 11 is 6.15. The fourth-order valence-electron chi connectivity index (χ4n) is 2.64. The summed E-state index contributed by atoms with van der Waals surface area (Å²) in [5, 5.41) is 12.7. The Balaban J connectivity index is 1.66. The van der Waals surface area contributed by atoms with E-state index >= 15 is 0 Å². The third-order valence-corrected chi connectivity index (χ3v) is 4.47. The lowest BCUT2D eigenvalue weighted by Gasteiger charge is -2.18. The van der Waals surface area contributed by atoms with Crippen LogP contribution >= 0.6 is 11.6 Å². The monoisotopic (exact) mass is 401 g/mol. The Kier molecular flexibility index (Phi) is 6.10. The van der Waals surface area contributed by atoms with E-state index in [4.69, 9.17) is 21.1 Å². The molecule has 146 valence electrons. The minimum Gasteiger partial charge on any atom is -0.493 e. The summed E-state index contributed by atoms with van der Waals surface area (Å²) in [5.74, 6) is 1.47. The van der Waals surface area contributed by atoms with Crippen molar-refractivity contribution in [1.82, 2.24) is 25.1 Å². The van der Waals surface area contributed by atoms with Crippen LogP contribution in [0.4, 0.5) is 0 Å². The van der Waals surface area contributed by atoms with Crippen LogP contribution in [0, 0.1) is 0 Å². The molecule has 1 aromatic heterocycles. The molecule has 0 saturated carbocycles. The molecule has 0 spiro atoms. The number of hydrogen-bond donors (Lipinski definition) is 0. The van der Waals surface area contributed by atoms with Gasteiger partial charge < -0.3 is 14.4 Å². The van der Waals surface area contributed by atoms with Crippen molar-refractivity contribution in [2.75, 3.05) is 21.3 Å². The van der Waals surface area contributed by atoms with E-state index in [9.17, 15) is 4.79 Å². The largest absolute Gasteiger partial charge is 0.493 e. The molecule has 0 saturated heterocycles. The molecule has 9 heteroatoms. The number of methoxy groups -OCH3 is 2. The van der Waals surface area contributed by atoms with Crippen LogP contribution in [0.1, 0.15) is 5.56 Å². The molecule has 0 aliphatic heterocycles. The standard InChI is InChI=1S/C19H20ClN5O3/c1-24(11-13-8-9-16(27-2)17(10-13)28-3)18(26)12-25-22-19(21-23-25)14-6-4-5-7-15(14)20/h4-10H,11-12H2,1-3H3. The van der Waals surface area contributed by atoms with Gasteiger partial charge in [0.05, 0.1) is 19.2 Å². The first kappa shape index (κ1) is 19.6. The van der Waals surface area contributed by atoms with Crippen LogP contribution in [0.3, 0.4) is 0 Å². The molecule has 0 aliphatic rings. The zero-order valence-electron chi connectivity index (χ0n) is 15.8. The van der Waals surface area contributed by atoms with Crippen molar-refractivity contribution >= 4 is 17.5 Å².